The highest BCUT2D eigenvalue weighted by Gasteiger charge is 2.33. The SMILES string of the molecule is O=C1OCCC1OC(=O)C(c1ccccc1)c1ccccc1. The number of hydrogen-bond donors (Lipinski definition) is 0. The normalized spacial score (nSPS) is 17.3. The number of esters is 2. The summed E-state index contributed by atoms with van der Waals surface area (Å²) < 4.78 is 10.2. The van der Waals surface area contributed by atoms with Gasteiger partial charge in [0.15, 0.2) is 0 Å². The molecule has 0 amide bonds. The van der Waals surface area contributed by atoms with Crippen LogP contribution in [0.5, 0.6) is 0 Å². The summed E-state index contributed by atoms with van der Waals surface area (Å²) in [5.41, 5.74) is 1.68. The molecule has 1 unspecified atom stereocenters. The second-order valence-electron chi connectivity index (χ2n) is 5.14. The van der Waals surface area contributed by atoms with Crippen molar-refractivity contribution in [3.8, 4) is 0 Å². The number of carbonyl (C=O) groups is 2. The fraction of sp³-hybridized carbons (Fsp3) is 0.222. The van der Waals surface area contributed by atoms with E-state index in [4.69, 9.17) is 9.47 Å². The predicted octanol–water partition coefficient (Wildman–Crippen LogP) is 2.68. The maximum absolute atomic E-state index is 12.6. The van der Waals surface area contributed by atoms with Crippen LogP contribution in [0.4, 0.5) is 0 Å². The summed E-state index contributed by atoms with van der Waals surface area (Å²) in [5, 5.41) is 0. The van der Waals surface area contributed by atoms with Crippen LogP contribution >= 0.6 is 0 Å². The van der Waals surface area contributed by atoms with E-state index in [9.17, 15) is 9.59 Å². The van der Waals surface area contributed by atoms with Crippen molar-refractivity contribution in [2.75, 3.05) is 6.61 Å². The molecule has 1 saturated heterocycles. The number of ether oxygens (including phenoxy) is 2. The van der Waals surface area contributed by atoms with Crippen LogP contribution in [0.25, 0.3) is 0 Å². The fourth-order valence-electron chi connectivity index (χ4n) is 2.55. The molecule has 1 fully saturated rings. The third-order valence-electron chi connectivity index (χ3n) is 3.65. The van der Waals surface area contributed by atoms with Crippen molar-refractivity contribution in [2.45, 2.75) is 18.4 Å². The molecule has 112 valence electrons. The van der Waals surface area contributed by atoms with Crippen molar-refractivity contribution in [2.24, 2.45) is 0 Å². The topological polar surface area (TPSA) is 52.6 Å². The maximum atomic E-state index is 12.6. The minimum absolute atomic E-state index is 0.304. The lowest BCUT2D eigenvalue weighted by molar-refractivity contribution is -0.160. The van der Waals surface area contributed by atoms with Gasteiger partial charge in [0.2, 0.25) is 6.10 Å². The first-order valence-electron chi connectivity index (χ1n) is 7.23. The molecule has 3 rings (SSSR count). The molecule has 1 atom stereocenters. The van der Waals surface area contributed by atoms with E-state index in [0.717, 1.165) is 11.1 Å². The number of carbonyl (C=O) groups excluding carboxylic acids is 2. The van der Waals surface area contributed by atoms with E-state index in [1.807, 2.05) is 60.7 Å². The standard InChI is InChI=1S/C18H16O4/c19-17-15(11-12-21-17)22-18(20)16(13-7-3-1-4-8-13)14-9-5-2-6-10-14/h1-10,15-16H,11-12H2. The zero-order chi connectivity index (χ0) is 15.4. The van der Waals surface area contributed by atoms with Crippen molar-refractivity contribution in [3.63, 3.8) is 0 Å². The van der Waals surface area contributed by atoms with Crippen LogP contribution < -0.4 is 0 Å². The number of hydrogen-bond acceptors (Lipinski definition) is 4. The Morgan fingerprint density at radius 2 is 1.55 bits per heavy atom. The molecular weight excluding hydrogens is 280 g/mol. The Balaban J connectivity index is 1.88. The van der Waals surface area contributed by atoms with Gasteiger partial charge in [-0.05, 0) is 11.1 Å². The van der Waals surface area contributed by atoms with Gasteiger partial charge in [0.1, 0.15) is 5.92 Å². The van der Waals surface area contributed by atoms with Crippen molar-refractivity contribution < 1.29 is 19.1 Å². The third-order valence-corrected chi connectivity index (χ3v) is 3.65. The van der Waals surface area contributed by atoms with E-state index < -0.39 is 24.0 Å². The minimum atomic E-state index is -0.789. The monoisotopic (exact) mass is 296 g/mol. The fourth-order valence-corrected chi connectivity index (χ4v) is 2.55. The average Bonchev–Trinajstić information content (AvgIpc) is 2.95. The molecule has 4 heteroatoms. The van der Waals surface area contributed by atoms with E-state index in [-0.39, 0.29) is 0 Å². The Bertz CT molecular complexity index is 612. The molecule has 1 heterocycles. The van der Waals surface area contributed by atoms with Gasteiger partial charge >= 0.3 is 11.9 Å². The summed E-state index contributed by atoms with van der Waals surface area (Å²) in [5.74, 6) is -1.44. The second kappa shape index (κ2) is 6.43. The van der Waals surface area contributed by atoms with Gasteiger partial charge in [-0.15, -0.1) is 0 Å². The lowest BCUT2D eigenvalue weighted by atomic mass is 9.91. The molecule has 0 aromatic heterocycles. The summed E-state index contributed by atoms with van der Waals surface area (Å²) in [4.78, 5) is 24.1. The maximum Gasteiger partial charge on any atom is 0.347 e. The van der Waals surface area contributed by atoms with Crippen LogP contribution in [-0.4, -0.2) is 24.6 Å². The van der Waals surface area contributed by atoms with E-state index in [1.54, 1.807) is 0 Å². The van der Waals surface area contributed by atoms with Crippen LogP contribution in [0.2, 0.25) is 0 Å². The summed E-state index contributed by atoms with van der Waals surface area (Å²) in [6, 6.07) is 18.8. The Labute approximate surface area is 128 Å². The average molecular weight is 296 g/mol. The van der Waals surface area contributed by atoms with Crippen LogP contribution in [0.3, 0.4) is 0 Å². The number of benzene rings is 2. The molecular formula is C18H16O4. The molecule has 2 aromatic carbocycles. The molecule has 1 aliphatic rings. The first kappa shape index (κ1) is 14.3. The van der Waals surface area contributed by atoms with Gasteiger partial charge in [0.05, 0.1) is 6.61 Å². The van der Waals surface area contributed by atoms with Gasteiger partial charge in [-0.2, -0.15) is 0 Å². The molecule has 0 N–H and O–H groups in total. The predicted molar refractivity (Wildman–Crippen MR) is 80.2 cm³/mol. The summed E-state index contributed by atoms with van der Waals surface area (Å²) >= 11 is 0. The zero-order valence-corrected chi connectivity index (χ0v) is 12.0. The third kappa shape index (κ3) is 3.01. The number of rotatable bonds is 4. The zero-order valence-electron chi connectivity index (χ0n) is 12.0. The van der Waals surface area contributed by atoms with Crippen LogP contribution in [-0.2, 0) is 19.1 Å². The Kier molecular flexibility index (Phi) is 4.19. The molecule has 0 radical (unpaired) electrons. The van der Waals surface area contributed by atoms with E-state index in [2.05, 4.69) is 0 Å². The van der Waals surface area contributed by atoms with Crippen LogP contribution in [0, 0.1) is 0 Å². The summed E-state index contributed by atoms with van der Waals surface area (Å²) in [7, 11) is 0. The van der Waals surface area contributed by atoms with E-state index in [1.165, 1.54) is 0 Å². The van der Waals surface area contributed by atoms with Gasteiger partial charge in [-0.25, -0.2) is 4.79 Å². The van der Waals surface area contributed by atoms with Crippen LogP contribution in [0.1, 0.15) is 23.5 Å². The molecule has 4 nitrogen and oxygen atoms in total. The van der Waals surface area contributed by atoms with Gasteiger partial charge in [0, 0.05) is 6.42 Å². The van der Waals surface area contributed by atoms with Gasteiger partial charge in [-0.3, -0.25) is 4.79 Å². The quantitative estimate of drug-likeness (QED) is 0.814. The molecule has 0 spiro atoms. The Morgan fingerprint density at radius 1 is 1.00 bits per heavy atom. The van der Waals surface area contributed by atoms with Crippen molar-refractivity contribution in [3.05, 3.63) is 71.8 Å². The number of cyclic esters (lactones) is 1. The molecule has 2 aromatic rings. The van der Waals surface area contributed by atoms with E-state index >= 15 is 0 Å². The van der Waals surface area contributed by atoms with Crippen molar-refractivity contribution in [1.82, 2.24) is 0 Å². The highest BCUT2D eigenvalue weighted by Crippen LogP contribution is 2.27. The highest BCUT2D eigenvalue weighted by molar-refractivity contribution is 5.86. The molecule has 22 heavy (non-hydrogen) atoms. The van der Waals surface area contributed by atoms with Gasteiger partial charge < -0.3 is 9.47 Å². The van der Waals surface area contributed by atoms with Crippen molar-refractivity contribution in [1.29, 1.82) is 0 Å². The molecule has 0 aliphatic carbocycles. The van der Waals surface area contributed by atoms with Crippen molar-refractivity contribution >= 4 is 11.9 Å². The minimum Gasteiger partial charge on any atom is -0.463 e. The molecule has 0 saturated carbocycles. The highest BCUT2D eigenvalue weighted by atomic mass is 16.6. The summed E-state index contributed by atoms with van der Waals surface area (Å²) in [6.45, 7) is 0.304. The molecule has 0 bridgehead atoms. The first-order valence-corrected chi connectivity index (χ1v) is 7.23. The summed E-state index contributed by atoms with van der Waals surface area (Å²) in [6.07, 6.45) is -0.372. The molecule has 1 aliphatic heterocycles. The van der Waals surface area contributed by atoms with Crippen LogP contribution in [0.15, 0.2) is 60.7 Å². The Morgan fingerprint density at radius 3 is 2.00 bits per heavy atom. The lowest BCUT2D eigenvalue weighted by Crippen LogP contribution is -2.27. The Hall–Kier alpha value is -2.62. The second-order valence-corrected chi connectivity index (χ2v) is 5.14. The van der Waals surface area contributed by atoms with E-state index in [0.29, 0.717) is 13.0 Å². The largest absolute Gasteiger partial charge is 0.463 e. The smallest absolute Gasteiger partial charge is 0.347 e. The van der Waals surface area contributed by atoms with Gasteiger partial charge in [0.25, 0.3) is 0 Å². The first-order chi connectivity index (χ1) is 10.8. The van der Waals surface area contributed by atoms with Gasteiger partial charge in [-0.1, -0.05) is 60.7 Å². The lowest BCUT2D eigenvalue weighted by Gasteiger charge is -2.18.